The number of carbonyl (C=O) groups is 3. The first kappa shape index (κ1) is 26.2. The summed E-state index contributed by atoms with van der Waals surface area (Å²) < 4.78 is 11.3. The number of halogens is 1. The van der Waals surface area contributed by atoms with E-state index >= 15 is 0 Å². The minimum absolute atomic E-state index is 0.162. The van der Waals surface area contributed by atoms with Gasteiger partial charge in [0, 0.05) is 12.2 Å². The average Bonchev–Trinajstić information content (AvgIpc) is 3.04. The summed E-state index contributed by atoms with van der Waals surface area (Å²) in [5.41, 5.74) is 8.05. The zero-order chi connectivity index (χ0) is 26.4. The van der Waals surface area contributed by atoms with Gasteiger partial charge in [-0.2, -0.15) is 0 Å². The average molecular weight is 522 g/mol. The molecule has 1 heterocycles. The Kier molecular flexibility index (Phi) is 8.43. The highest BCUT2D eigenvalue weighted by Gasteiger charge is 2.33. The number of hydrogen-bond acceptors (Lipinski definition) is 5. The van der Waals surface area contributed by atoms with Gasteiger partial charge in [-0.3, -0.25) is 19.3 Å². The predicted molar refractivity (Wildman–Crippen MR) is 140 cm³/mol. The van der Waals surface area contributed by atoms with Crippen molar-refractivity contribution in [3.63, 3.8) is 0 Å². The number of anilines is 1. The van der Waals surface area contributed by atoms with Gasteiger partial charge >= 0.3 is 0 Å². The van der Waals surface area contributed by atoms with E-state index in [9.17, 15) is 14.4 Å². The number of carbonyl (C=O) groups excluding carboxylic acids is 3. The van der Waals surface area contributed by atoms with Gasteiger partial charge in [0.15, 0.2) is 0 Å². The molecule has 0 aromatic heterocycles. The summed E-state index contributed by atoms with van der Waals surface area (Å²) >= 11 is 6.47. The standard InChI is InChI=1S/C28H28ClN3O5/c1-19(27(30)34)31-16-21-9-5-6-10-25(21)32(17-26(31)33)28(35)23-12-11-22(15-24(23)29)37-14-13-36-18-20-7-3-2-4-8-20/h2-12,15,19H,13-14,16-18H2,1H3,(H2,30,34). The van der Waals surface area contributed by atoms with Crippen LogP contribution in [-0.2, 0) is 27.5 Å². The maximum atomic E-state index is 13.6. The molecule has 0 spiro atoms. The summed E-state index contributed by atoms with van der Waals surface area (Å²) in [5, 5.41) is 0.198. The highest BCUT2D eigenvalue weighted by molar-refractivity contribution is 6.34. The second-order valence-corrected chi connectivity index (χ2v) is 9.06. The van der Waals surface area contributed by atoms with Crippen LogP contribution in [0.5, 0.6) is 5.75 Å². The molecule has 3 amide bonds. The van der Waals surface area contributed by atoms with Gasteiger partial charge in [-0.25, -0.2) is 0 Å². The summed E-state index contributed by atoms with van der Waals surface area (Å²) in [5.74, 6) is -0.937. The van der Waals surface area contributed by atoms with Crippen LogP contribution in [0.25, 0.3) is 0 Å². The first-order valence-electron chi connectivity index (χ1n) is 11.9. The molecule has 0 aliphatic carbocycles. The van der Waals surface area contributed by atoms with Crippen LogP contribution in [0, 0.1) is 0 Å². The molecule has 8 nitrogen and oxygen atoms in total. The number of para-hydroxylation sites is 1. The van der Waals surface area contributed by atoms with Gasteiger partial charge in [-0.15, -0.1) is 0 Å². The zero-order valence-electron chi connectivity index (χ0n) is 20.4. The molecule has 4 rings (SSSR count). The van der Waals surface area contributed by atoms with Gasteiger partial charge in [0.05, 0.1) is 23.8 Å². The molecule has 192 valence electrons. The number of fused-ring (bicyclic) bond motifs is 1. The third-order valence-corrected chi connectivity index (χ3v) is 6.45. The van der Waals surface area contributed by atoms with Crippen molar-refractivity contribution in [2.75, 3.05) is 24.7 Å². The second kappa shape index (κ2) is 11.9. The smallest absolute Gasteiger partial charge is 0.260 e. The number of ether oxygens (including phenoxy) is 2. The van der Waals surface area contributed by atoms with Crippen molar-refractivity contribution < 1.29 is 23.9 Å². The Balaban J connectivity index is 1.44. The lowest BCUT2D eigenvalue weighted by Crippen LogP contribution is -2.48. The molecule has 3 aromatic rings. The molecule has 0 bridgehead atoms. The van der Waals surface area contributed by atoms with Crippen molar-refractivity contribution in [1.29, 1.82) is 0 Å². The second-order valence-electron chi connectivity index (χ2n) is 8.65. The van der Waals surface area contributed by atoms with Gasteiger partial charge < -0.3 is 20.1 Å². The van der Waals surface area contributed by atoms with Crippen LogP contribution in [0.1, 0.15) is 28.4 Å². The van der Waals surface area contributed by atoms with E-state index in [1.807, 2.05) is 42.5 Å². The molecule has 0 fully saturated rings. The topological polar surface area (TPSA) is 102 Å². The fourth-order valence-corrected chi connectivity index (χ4v) is 4.32. The predicted octanol–water partition coefficient (Wildman–Crippen LogP) is 3.80. The van der Waals surface area contributed by atoms with Crippen LogP contribution in [0.3, 0.4) is 0 Å². The number of nitrogens with zero attached hydrogens (tertiary/aromatic N) is 2. The summed E-state index contributed by atoms with van der Waals surface area (Å²) in [4.78, 5) is 41.1. The van der Waals surface area contributed by atoms with Crippen LogP contribution < -0.4 is 15.4 Å². The van der Waals surface area contributed by atoms with Crippen molar-refractivity contribution in [3.8, 4) is 5.75 Å². The Morgan fingerprint density at radius 1 is 1.00 bits per heavy atom. The summed E-state index contributed by atoms with van der Waals surface area (Å²) in [6.45, 7) is 2.68. The van der Waals surface area contributed by atoms with Crippen LogP contribution in [0.2, 0.25) is 5.02 Å². The molecule has 1 atom stereocenters. The molecule has 1 unspecified atom stereocenters. The molecule has 2 N–H and O–H groups in total. The van der Waals surface area contributed by atoms with Crippen molar-refractivity contribution in [2.45, 2.75) is 26.1 Å². The van der Waals surface area contributed by atoms with Gasteiger partial charge in [0.1, 0.15) is 24.9 Å². The number of nitrogens with two attached hydrogens (primary N) is 1. The SMILES string of the molecule is CC(C(N)=O)N1Cc2ccccc2N(C(=O)c2ccc(OCCOCc3ccccc3)cc2Cl)CC1=O. The molecule has 0 radical (unpaired) electrons. The van der Waals surface area contributed by atoms with E-state index in [4.69, 9.17) is 26.8 Å². The monoisotopic (exact) mass is 521 g/mol. The fourth-order valence-electron chi connectivity index (χ4n) is 4.07. The lowest BCUT2D eigenvalue weighted by molar-refractivity contribution is -0.138. The highest BCUT2D eigenvalue weighted by Crippen LogP contribution is 2.30. The molecule has 37 heavy (non-hydrogen) atoms. The quantitative estimate of drug-likeness (QED) is 0.431. The Morgan fingerprint density at radius 2 is 1.73 bits per heavy atom. The molecule has 3 aromatic carbocycles. The van der Waals surface area contributed by atoms with Gasteiger partial charge in [-0.1, -0.05) is 60.1 Å². The van der Waals surface area contributed by atoms with E-state index in [1.165, 1.54) is 9.80 Å². The fraction of sp³-hybridized carbons (Fsp3) is 0.250. The van der Waals surface area contributed by atoms with Crippen molar-refractivity contribution in [1.82, 2.24) is 4.90 Å². The first-order valence-corrected chi connectivity index (χ1v) is 12.3. The molecule has 1 aliphatic heterocycles. The van der Waals surface area contributed by atoms with Crippen molar-refractivity contribution >= 4 is 35.0 Å². The maximum Gasteiger partial charge on any atom is 0.260 e. The van der Waals surface area contributed by atoms with Gasteiger partial charge in [0.2, 0.25) is 11.8 Å². The summed E-state index contributed by atoms with van der Waals surface area (Å²) in [6, 6.07) is 21.0. The lowest BCUT2D eigenvalue weighted by atomic mass is 10.1. The van der Waals surface area contributed by atoms with E-state index in [0.29, 0.717) is 31.3 Å². The molecule has 9 heteroatoms. The van der Waals surface area contributed by atoms with E-state index in [-0.39, 0.29) is 29.6 Å². The number of rotatable bonds is 9. The highest BCUT2D eigenvalue weighted by atomic mass is 35.5. The minimum Gasteiger partial charge on any atom is -0.491 e. The molecule has 0 saturated heterocycles. The Morgan fingerprint density at radius 3 is 2.46 bits per heavy atom. The Hall–Kier alpha value is -3.88. The van der Waals surface area contributed by atoms with Crippen LogP contribution in [-0.4, -0.2) is 48.4 Å². The molecular weight excluding hydrogens is 494 g/mol. The maximum absolute atomic E-state index is 13.6. The molecule has 0 saturated carbocycles. The normalized spacial score (nSPS) is 14.1. The number of benzene rings is 3. The summed E-state index contributed by atoms with van der Waals surface area (Å²) in [7, 11) is 0. The van der Waals surface area contributed by atoms with E-state index in [0.717, 1.165) is 11.1 Å². The van der Waals surface area contributed by atoms with E-state index in [1.54, 1.807) is 37.3 Å². The van der Waals surface area contributed by atoms with Crippen molar-refractivity contribution in [2.24, 2.45) is 5.73 Å². The third kappa shape index (κ3) is 6.28. The Labute approximate surface area is 220 Å². The number of amides is 3. The molecular formula is C28H28ClN3O5. The largest absolute Gasteiger partial charge is 0.491 e. The first-order chi connectivity index (χ1) is 17.8. The summed E-state index contributed by atoms with van der Waals surface area (Å²) in [6.07, 6.45) is 0. The van der Waals surface area contributed by atoms with Crippen LogP contribution >= 0.6 is 11.6 Å². The Bertz CT molecular complexity index is 1280. The zero-order valence-corrected chi connectivity index (χ0v) is 21.2. The van der Waals surface area contributed by atoms with Crippen LogP contribution in [0.4, 0.5) is 5.69 Å². The minimum atomic E-state index is -0.813. The molecule has 1 aliphatic rings. The van der Waals surface area contributed by atoms with Crippen molar-refractivity contribution in [3.05, 3.63) is 94.5 Å². The van der Waals surface area contributed by atoms with Gasteiger partial charge in [0.25, 0.3) is 5.91 Å². The van der Waals surface area contributed by atoms with E-state index < -0.39 is 17.9 Å². The number of primary amides is 1. The van der Waals surface area contributed by atoms with E-state index in [2.05, 4.69) is 0 Å². The third-order valence-electron chi connectivity index (χ3n) is 6.14. The van der Waals surface area contributed by atoms with Gasteiger partial charge in [-0.05, 0) is 42.3 Å². The lowest BCUT2D eigenvalue weighted by Gasteiger charge is -2.26. The van der Waals surface area contributed by atoms with Crippen LogP contribution in [0.15, 0.2) is 72.8 Å². The number of hydrogen-bond donors (Lipinski definition) is 1.